The van der Waals surface area contributed by atoms with Crippen molar-refractivity contribution in [2.75, 3.05) is 16.3 Å². The molecule has 0 saturated heterocycles. The zero-order valence-electron chi connectivity index (χ0n) is 13.9. The third kappa shape index (κ3) is 6.04. The lowest BCUT2D eigenvalue weighted by Crippen LogP contribution is -2.15. The number of carbonyl (C=O) groups excluding carboxylic acids is 1. The van der Waals surface area contributed by atoms with Gasteiger partial charge in [0.05, 0.1) is 17.6 Å². The van der Waals surface area contributed by atoms with Gasteiger partial charge in [-0.2, -0.15) is 0 Å². The molecular formula is C18H22N2O3S. The van der Waals surface area contributed by atoms with Crippen molar-refractivity contribution in [3.8, 4) is 0 Å². The molecule has 0 aliphatic rings. The van der Waals surface area contributed by atoms with Crippen molar-refractivity contribution in [1.29, 1.82) is 0 Å². The predicted octanol–water partition coefficient (Wildman–Crippen LogP) is 3.33. The topological polar surface area (TPSA) is 75.3 Å². The SMILES string of the molecule is Cc1ccc(CCCC(=O)Nc2ccccc2NS(C)(=O)=O)cc1. The van der Waals surface area contributed by atoms with Crippen LogP contribution in [0.3, 0.4) is 0 Å². The average Bonchev–Trinajstić information content (AvgIpc) is 2.50. The predicted molar refractivity (Wildman–Crippen MR) is 97.7 cm³/mol. The molecule has 2 aromatic rings. The van der Waals surface area contributed by atoms with Crippen molar-refractivity contribution in [2.24, 2.45) is 0 Å². The van der Waals surface area contributed by atoms with Crippen molar-refractivity contribution in [3.05, 3.63) is 59.7 Å². The monoisotopic (exact) mass is 346 g/mol. The van der Waals surface area contributed by atoms with Crippen LogP contribution in [0.15, 0.2) is 48.5 Å². The fourth-order valence-corrected chi connectivity index (χ4v) is 2.88. The lowest BCUT2D eigenvalue weighted by Gasteiger charge is -2.11. The minimum absolute atomic E-state index is 0.134. The molecule has 0 heterocycles. The van der Waals surface area contributed by atoms with Gasteiger partial charge in [0.15, 0.2) is 0 Å². The molecule has 2 N–H and O–H groups in total. The summed E-state index contributed by atoms with van der Waals surface area (Å²) in [4.78, 5) is 12.1. The number of carbonyl (C=O) groups is 1. The number of aryl methyl sites for hydroxylation is 2. The lowest BCUT2D eigenvalue weighted by atomic mass is 10.1. The zero-order valence-corrected chi connectivity index (χ0v) is 14.7. The van der Waals surface area contributed by atoms with Crippen LogP contribution in [0.25, 0.3) is 0 Å². The molecule has 0 unspecified atom stereocenters. The highest BCUT2D eigenvalue weighted by Gasteiger charge is 2.09. The van der Waals surface area contributed by atoms with Crippen LogP contribution in [0.5, 0.6) is 0 Å². The minimum atomic E-state index is -3.39. The summed E-state index contributed by atoms with van der Waals surface area (Å²) in [6.07, 6.45) is 3.02. The second kappa shape index (κ2) is 7.97. The van der Waals surface area contributed by atoms with Crippen LogP contribution in [0, 0.1) is 6.92 Å². The number of hydrogen-bond donors (Lipinski definition) is 2. The summed E-state index contributed by atoms with van der Waals surface area (Å²) in [5.41, 5.74) is 3.24. The van der Waals surface area contributed by atoms with Gasteiger partial charge >= 0.3 is 0 Å². The van der Waals surface area contributed by atoms with E-state index in [9.17, 15) is 13.2 Å². The molecule has 0 aliphatic heterocycles. The molecule has 0 aliphatic carbocycles. The quantitative estimate of drug-likeness (QED) is 0.807. The van der Waals surface area contributed by atoms with Crippen LogP contribution in [0.4, 0.5) is 11.4 Å². The van der Waals surface area contributed by atoms with E-state index in [0.717, 1.165) is 19.1 Å². The highest BCUT2D eigenvalue weighted by Crippen LogP contribution is 2.22. The number of hydrogen-bond acceptors (Lipinski definition) is 3. The number of amides is 1. The minimum Gasteiger partial charge on any atom is -0.324 e. The van der Waals surface area contributed by atoms with Gasteiger partial charge in [0.1, 0.15) is 0 Å². The first-order valence-electron chi connectivity index (χ1n) is 7.76. The molecule has 0 saturated carbocycles. The Balaban J connectivity index is 1.89. The zero-order chi connectivity index (χ0) is 17.6. The fraction of sp³-hybridized carbons (Fsp3) is 0.278. The highest BCUT2D eigenvalue weighted by molar-refractivity contribution is 7.92. The smallest absolute Gasteiger partial charge is 0.229 e. The maximum Gasteiger partial charge on any atom is 0.229 e. The molecule has 0 radical (unpaired) electrons. The van der Waals surface area contributed by atoms with Crippen LogP contribution < -0.4 is 10.0 Å². The van der Waals surface area contributed by atoms with Crippen LogP contribution in [0.1, 0.15) is 24.0 Å². The first-order valence-corrected chi connectivity index (χ1v) is 9.65. The first-order chi connectivity index (χ1) is 11.3. The van der Waals surface area contributed by atoms with E-state index in [4.69, 9.17) is 0 Å². The number of rotatable bonds is 7. The average molecular weight is 346 g/mol. The van der Waals surface area contributed by atoms with Crippen LogP contribution in [-0.2, 0) is 21.2 Å². The Morgan fingerprint density at radius 3 is 2.25 bits per heavy atom. The van der Waals surface area contributed by atoms with E-state index in [1.54, 1.807) is 24.3 Å². The summed E-state index contributed by atoms with van der Waals surface area (Å²) in [6, 6.07) is 15.0. The third-order valence-electron chi connectivity index (χ3n) is 3.49. The largest absolute Gasteiger partial charge is 0.324 e. The third-order valence-corrected chi connectivity index (χ3v) is 4.08. The Hall–Kier alpha value is -2.34. The van der Waals surface area contributed by atoms with Crippen molar-refractivity contribution in [3.63, 3.8) is 0 Å². The maximum absolute atomic E-state index is 12.1. The van der Waals surface area contributed by atoms with Crippen LogP contribution in [-0.4, -0.2) is 20.6 Å². The Kier molecular flexibility index (Phi) is 5.98. The Morgan fingerprint density at radius 2 is 1.62 bits per heavy atom. The molecule has 6 heteroatoms. The summed E-state index contributed by atoms with van der Waals surface area (Å²) in [7, 11) is -3.39. The molecule has 0 fully saturated rings. The normalized spacial score (nSPS) is 11.1. The fourth-order valence-electron chi connectivity index (χ4n) is 2.30. The van der Waals surface area contributed by atoms with Crippen molar-refractivity contribution >= 4 is 27.3 Å². The van der Waals surface area contributed by atoms with Crippen LogP contribution >= 0.6 is 0 Å². The Bertz CT molecular complexity index is 799. The number of sulfonamides is 1. The second-order valence-electron chi connectivity index (χ2n) is 5.81. The van der Waals surface area contributed by atoms with E-state index < -0.39 is 10.0 Å². The van der Waals surface area contributed by atoms with E-state index in [1.165, 1.54) is 11.1 Å². The molecule has 0 atom stereocenters. The number of nitrogens with one attached hydrogen (secondary N) is 2. The molecule has 24 heavy (non-hydrogen) atoms. The molecule has 0 spiro atoms. The summed E-state index contributed by atoms with van der Waals surface area (Å²) < 4.78 is 25.1. The van der Waals surface area contributed by atoms with Crippen molar-refractivity contribution in [2.45, 2.75) is 26.2 Å². The maximum atomic E-state index is 12.1. The number of benzene rings is 2. The van der Waals surface area contributed by atoms with Crippen molar-refractivity contribution in [1.82, 2.24) is 0 Å². The van der Waals surface area contributed by atoms with E-state index in [2.05, 4.69) is 34.3 Å². The first kappa shape index (κ1) is 18.0. The van der Waals surface area contributed by atoms with Gasteiger partial charge in [-0.1, -0.05) is 42.0 Å². The molecule has 1 amide bonds. The van der Waals surface area contributed by atoms with Gasteiger partial charge in [-0.15, -0.1) is 0 Å². The Morgan fingerprint density at radius 1 is 1.00 bits per heavy atom. The molecule has 128 valence electrons. The molecular weight excluding hydrogens is 324 g/mol. The van der Waals surface area contributed by atoms with Gasteiger partial charge in [0.25, 0.3) is 0 Å². The van der Waals surface area contributed by atoms with Gasteiger partial charge in [-0.05, 0) is 37.5 Å². The summed E-state index contributed by atoms with van der Waals surface area (Å²) in [6.45, 7) is 2.04. The van der Waals surface area contributed by atoms with Gasteiger partial charge in [-0.3, -0.25) is 9.52 Å². The van der Waals surface area contributed by atoms with Gasteiger partial charge in [-0.25, -0.2) is 8.42 Å². The molecule has 2 rings (SSSR count). The van der Waals surface area contributed by atoms with Crippen LogP contribution in [0.2, 0.25) is 0 Å². The molecule has 0 aromatic heterocycles. The molecule has 2 aromatic carbocycles. The van der Waals surface area contributed by atoms with Gasteiger partial charge in [0, 0.05) is 6.42 Å². The summed E-state index contributed by atoms with van der Waals surface area (Å²) >= 11 is 0. The van der Waals surface area contributed by atoms with Gasteiger partial charge < -0.3 is 5.32 Å². The van der Waals surface area contributed by atoms with Crippen molar-refractivity contribution < 1.29 is 13.2 Å². The van der Waals surface area contributed by atoms with E-state index >= 15 is 0 Å². The van der Waals surface area contributed by atoms with E-state index in [0.29, 0.717) is 17.8 Å². The Labute approximate surface area is 143 Å². The highest BCUT2D eigenvalue weighted by atomic mass is 32.2. The number of anilines is 2. The lowest BCUT2D eigenvalue weighted by molar-refractivity contribution is -0.116. The number of para-hydroxylation sites is 2. The summed E-state index contributed by atoms with van der Waals surface area (Å²) in [5, 5.41) is 2.76. The van der Waals surface area contributed by atoms with Gasteiger partial charge in [0.2, 0.25) is 15.9 Å². The van der Waals surface area contributed by atoms with E-state index in [-0.39, 0.29) is 5.91 Å². The second-order valence-corrected chi connectivity index (χ2v) is 7.56. The summed E-state index contributed by atoms with van der Waals surface area (Å²) in [5.74, 6) is -0.134. The standard InChI is InChI=1S/C18H22N2O3S/c1-14-10-12-15(13-11-14)6-5-9-18(21)19-16-7-3-4-8-17(16)20-24(2,22)23/h3-4,7-8,10-13,20H,5-6,9H2,1-2H3,(H,19,21). The van der Waals surface area contributed by atoms with E-state index in [1.807, 2.05) is 6.92 Å². The molecule has 5 nitrogen and oxygen atoms in total. The molecule has 0 bridgehead atoms.